The fraction of sp³-hybridized carbons (Fsp3) is 0.308. The molecule has 0 spiro atoms. The van der Waals surface area contributed by atoms with Crippen LogP contribution in [0.1, 0.15) is 12.0 Å². The van der Waals surface area contributed by atoms with Gasteiger partial charge in [0.25, 0.3) is 6.01 Å². The van der Waals surface area contributed by atoms with E-state index in [1.165, 1.54) is 5.56 Å². The molecule has 2 aromatic rings. The van der Waals surface area contributed by atoms with Crippen molar-refractivity contribution in [2.45, 2.75) is 12.8 Å². The number of hydrogen-bond acceptors (Lipinski definition) is 4. The van der Waals surface area contributed by atoms with Crippen molar-refractivity contribution >= 4 is 6.01 Å². The Kier molecular flexibility index (Phi) is 2.48. The molecule has 0 aliphatic carbocycles. The number of aromatic nitrogens is 1. The molecular weight excluding hydrogens is 216 g/mol. The minimum absolute atomic E-state index is 0.536. The van der Waals surface area contributed by atoms with Gasteiger partial charge in [-0.1, -0.05) is 0 Å². The Bertz CT molecular complexity index is 534. The molecule has 0 bridgehead atoms. The van der Waals surface area contributed by atoms with Crippen molar-refractivity contribution in [3.8, 4) is 17.1 Å². The van der Waals surface area contributed by atoms with Gasteiger partial charge in [0.2, 0.25) is 0 Å². The van der Waals surface area contributed by atoms with Crippen LogP contribution >= 0.6 is 0 Å². The Labute approximate surface area is 99.6 Å². The van der Waals surface area contributed by atoms with Crippen LogP contribution in [-0.2, 0) is 6.42 Å². The van der Waals surface area contributed by atoms with Gasteiger partial charge in [-0.15, -0.1) is 0 Å². The first kappa shape index (κ1) is 10.2. The Morgan fingerprint density at radius 2 is 2.29 bits per heavy atom. The number of nitrogens with one attached hydrogen (secondary N) is 1. The summed E-state index contributed by atoms with van der Waals surface area (Å²) < 4.78 is 11.1. The monoisotopic (exact) mass is 230 g/mol. The highest BCUT2D eigenvalue weighted by molar-refractivity contribution is 5.61. The molecular formula is C13H14N2O2. The molecule has 4 nitrogen and oxygen atoms in total. The van der Waals surface area contributed by atoms with Gasteiger partial charge in [0.05, 0.1) is 12.8 Å². The summed E-state index contributed by atoms with van der Waals surface area (Å²) in [6, 6.07) is 6.67. The zero-order valence-electron chi connectivity index (χ0n) is 9.69. The smallest absolute Gasteiger partial charge is 0.294 e. The first-order valence-electron chi connectivity index (χ1n) is 5.76. The highest BCUT2D eigenvalue weighted by Crippen LogP contribution is 2.30. The Morgan fingerprint density at radius 3 is 3.12 bits per heavy atom. The Hall–Kier alpha value is -1.97. The lowest BCUT2D eigenvalue weighted by Gasteiger charge is -2.17. The van der Waals surface area contributed by atoms with Crippen molar-refractivity contribution in [2.75, 3.05) is 19.0 Å². The van der Waals surface area contributed by atoms with Crippen molar-refractivity contribution in [1.29, 1.82) is 0 Å². The Balaban J connectivity index is 1.97. The van der Waals surface area contributed by atoms with Gasteiger partial charge in [-0.2, -0.15) is 0 Å². The standard InChI is InChI=1S/C13H14N2O2/c1-14-13-15-8-12(17-13)10-4-5-11-9(7-10)3-2-6-16-11/h4-5,7-8H,2-3,6H2,1H3,(H,14,15). The molecule has 0 atom stereocenters. The summed E-state index contributed by atoms with van der Waals surface area (Å²) in [4.78, 5) is 4.11. The van der Waals surface area contributed by atoms with Crippen LogP contribution < -0.4 is 10.1 Å². The van der Waals surface area contributed by atoms with Crippen LogP contribution in [-0.4, -0.2) is 18.6 Å². The highest BCUT2D eigenvalue weighted by atomic mass is 16.5. The second-order valence-corrected chi connectivity index (χ2v) is 4.05. The van der Waals surface area contributed by atoms with Crippen LogP contribution in [0.15, 0.2) is 28.8 Å². The molecule has 1 aliphatic rings. The molecule has 0 unspecified atom stereocenters. The molecule has 0 saturated carbocycles. The molecule has 1 N–H and O–H groups in total. The van der Waals surface area contributed by atoms with E-state index in [1.807, 2.05) is 12.1 Å². The molecule has 3 rings (SSSR count). The van der Waals surface area contributed by atoms with E-state index in [1.54, 1.807) is 13.2 Å². The lowest BCUT2D eigenvalue weighted by atomic mass is 10.0. The van der Waals surface area contributed by atoms with Gasteiger partial charge in [-0.05, 0) is 36.6 Å². The maximum atomic E-state index is 5.58. The first-order valence-corrected chi connectivity index (χ1v) is 5.76. The lowest BCUT2D eigenvalue weighted by molar-refractivity contribution is 0.288. The fourth-order valence-electron chi connectivity index (χ4n) is 2.04. The minimum atomic E-state index is 0.536. The topological polar surface area (TPSA) is 47.3 Å². The molecule has 0 amide bonds. The summed E-state index contributed by atoms with van der Waals surface area (Å²) in [5.74, 6) is 1.77. The third-order valence-corrected chi connectivity index (χ3v) is 2.91. The number of aryl methyl sites for hydroxylation is 1. The maximum Gasteiger partial charge on any atom is 0.294 e. The molecule has 2 heterocycles. The normalized spacial score (nSPS) is 13.9. The summed E-state index contributed by atoms with van der Waals surface area (Å²) in [6.45, 7) is 0.818. The Morgan fingerprint density at radius 1 is 1.35 bits per heavy atom. The minimum Gasteiger partial charge on any atom is -0.493 e. The van der Waals surface area contributed by atoms with Gasteiger partial charge < -0.3 is 14.5 Å². The van der Waals surface area contributed by atoms with E-state index in [9.17, 15) is 0 Å². The fourth-order valence-corrected chi connectivity index (χ4v) is 2.04. The molecule has 17 heavy (non-hydrogen) atoms. The van der Waals surface area contributed by atoms with Gasteiger partial charge in [-0.3, -0.25) is 0 Å². The third-order valence-electron chi connectivity index (χ3n) is 2.91. The first-order chi connectivity index (χ1) is 8.36. The average molecular weight is 230 g/mol. The van der Waals surface area contributed by atoms with Crippen LogP contribution in [0.25, 0.3) is 11.3 Å². The molecule has 88 valence electrons. The summed E-state index contributed by atoms with van der Waals surface area (Å²) in [5.41, 5.74) is 2.29. The van der Waals surface area contributed by atoms with Crippen molar-refractivity contribution in [3.63, 3.8) is 0 Å². The zero-order chi connectivity index (χ0) is 11.7. The average Bonchev–Trinajstić information content (AvgIpc) is 2.87. The second kappa shape index (κ2) is 4.13. The number of fused-ring (bicyclic) bond motifs is 1. The maximum absolute atomic E-state index is 5.58. The predicted octanol–water partition coefficient (Wildman–Crippen LogP) is 2.71. The number of anilines is 1. The predicted molar refractivity (Wildman–Crippen MR) is 65.3 cm³/mol. The summed E-state index contributed by atoms with van der Waals surface area (Å²) in [7, 11) is 1.79. The van der Waals surface area contributed by atoms with Crippen LogP contribution in [0.4, 0.5) is 6.01 Å². The van der Waals surface area contributed by atoms with Gasteiger partial charge in [-0.25, -0.2) is 4.98 Å². The number of benzene rings is 1. The quantitative estimate of drug-likeness (QED) is 0.861. The molecule has 0 fully saturated rings. The highest BCUT2D eigenvalue weighted by Gasteiger charge is 2.13. The van der Waals surface area contributed by atoms with Crippen LogP contribution in [0.5, 0.6) is 5.75 Å². The van der Waals surface area contributed by atoms with Crippen LogP contribution in [0.3, 0.4) is 0 Å². The van der Waals surface area contributed by atoms with Gasteiger partial charge in [0.1, 0.15) is 5.75 Å². The number of hydrogen-bond donors (Lipinski definition) is 1. The van der Waals surface area contributed by atoms with E-state index in [2.05, 4.69) is 16.4 Å². The van der Waals surface area contributed by atoms with Gasteiger partial charge in [0, 0.05) is 12.6 Å². The number of nitrogens with zero attached hydrogens (tertiary/aromatic N) is 1. The molecule has 1 aromatic carbocycles. The SMILES string of the molecule is CNc1ncc(-c2ccc3c(c2)CCCO3)o1. The van der Waals surface area contributed by atoms with Crippen molar-refractivity contribution < 1.29 is 9.15 Å². The molecule has 1 aromatic heterocycles. The van der Waals surface area contributed by atoms with Gasteiger partial charge in [0.15, 0.2) is 5.76 Å². The van der Waals surface area contributed by atoms with E-state index >= 15 is 0 Å². The van der Waals surface area contributed by atoms with Crippen molar-refractivity contribution in [2.24, 2.45) is 0 Å². The largest absolute Gasteiger partial charge is 0.493 e. The van der Waals surface area contributed by atoms with E-state index < -0.39 is 0 Å². The van der Waals surface area contributed by atoms with E-state index in [0.29, 0.717) is 6.01 Å². The van der Waals surface area contributed by atoms with E-state index in [0.717, 1.165) is 36.5 Å². The van der Waals surface area contributed by atoms with Gasteiger partial charge >= 0.3 is 0 Å². The molecule has 1 aliphatic heterocycles. The number of oxazole rings is 1. The summed E-state index contributed by atoms with van der Waals surface area (Å²) >= 11 is 0. The van der Waals surface area contributed by atoms with Crippen LogP contribution in [0, 0.1) is 0 Å². The third kappa shape index (κ3) is 1.86. The van der Waals surface area contributed by atoms with Crippen molar-refractivity contribution in [3.05, 3.63) is 30.0 Å². The van der Waals surface area contributed by atoms with E-state index in [4.69, 9.17) is 9.15 Å². The molecule has 0 saturated heterocycles. The lowest BCUT2D eigenvalue weighted by Crippen LogP contribution is -2.07. The number of ether oxygens (including phenoxy) is 1. The second-order valence-electron chi connectivity index (χ2n) is 4.05. The molecule has 0 radical (unpaired) electrons. The van der Waals surface area contributed by atoms with Crippen LogP contribution in [0.2, 0.25) is 0 Å². The van der Waals surface area contributed by atoms with E-state index in [-0.39, 0.29) is 0 Å². The molecule has 4 heteroatoms. The summed E-state index contributed by atoms with van der Waals surface area (Å²) in [5, 5.41) is 2.88. The summed E-state index contributed by atoms with van der Waals surface area (Å²) in [6.07, 6.45) is 3.88. The van der Waals surface area contributed by atoms with Crippen molar-refractivity contribution in [1.82, 2.24) is 4.98 Å². The zero-order valence-corrected chi connectivity index (χ0v) is 9.69. The number of rotatable bonds is 2.